The first-order valence-electron chi connectivity index (χ1n) is 3.59. The Balaban J connectivity index is 3.34. The summed E-state index contributed by atoms with van der Waals surface area (Å²) in [5, 5.41) is 0.320. The summed E-state index contributed by atoms with van der Waals surface area (Å²) in [6.45, 7) is 0. The van der Waals surface area contributed by atoms with Gasteiger partial charge in [-0.15, -0.1) is 0 Å². The number of halogens is 5. The zero-order chi connectivity index (χ0) is 12.6. The number of rotatable bonds is 3. The molecule has 1 rings (SSSR count). The maximum absolute atomic E-state index is 11.9. The summed E-state index contributed by atoms with van der Waals surface area (Å²) in [6, 6.07) is 3.74. The molecule has 16 heavy (non-hydrogen) atoms. The summed E-state index contributed by atoms with van der Waals surface area (Å²) >= 11 is 22.5. The largest absolute Gasteiger partial charge is 0.282 e. The Labute approximate surface area is 122 Å². The van der Waals surface area contributed by atoms with Crippen LogP contribution in [-0.4, -0.2) is 11.4 Å². The minimum atomic E-state index is -4.01. The second kappa shape index (κ2) is 5.31. The van der Waals surface area contributed by atoms with E-state index in [1.165, 1.54) is 12.1 Å². The molecule has 0 spiro atoms. The van der Waals surface area contributed by atoms with Gasteiger partial charge in [-0.05, 0) is 28.9 Å². The van der Waals surface area contributed by atoms with Crippen LogP contribution in [0, 0.1) is 0 Å². The van der Waals surface area contributed by atoms with Crippen molar-refractivity contribution in [3.63, 3.8) is 0 Å². The van der Waals surface area contributed by atoms with E-state index < -0.39 is 12.8 Å². The molecule has 0 bridgehead atoms. The van der Waals surface area contributed by atoms with E-state index in [2.05, 4.69) is 0 Å². The lowest BCUT2D eigenvalue weighted by molar-refractivity contribution is 0.597. The van der Waals surface area contributed by atoms with Crippen molar-refractivity contribution in [1.82, 2.24) is 0 Å². The fraction of sp³-hybridized carbons (Fsp3) is 0.143. The molecule has 0 saturated carbocycles. The normalized spacial score (nSPS) is 12.8. The molecule has 9 heteroatoms. The van der Waals surface area contributed by atoms with Crippen LogP contribution in [0.1, 0.15) is 0 Å². The van der Waals surface area contributed by atoms with Gasteiger partial charge < -0.3 is 0 Å². The van der Waals surface area contributed by atoms with E-state index in [9.17, 15) is 8.42 Å². The average molecular weight is 360 g/mol. The lowest BCUT2D eigenvalue weighted by atomic mass is 10.4. The second-order valence-electron chi connectivity index (χ2n) is 2.62. The van der Waals surface area contributed by atoms with Gasteiger partial charge in [-0.3, -0.25) is 0 Å². The Morgan fingerprint density at radius 1 is 1.12 bits per heavy atom. The molecular weight excluding hydrogens is 357 g/mol. The zero-order valence-electron chi connectivity index (χ0n) is 7.25. The fourth-order valence-electron chi connectivity index (χ4n) is 0.823. The van der Waals surface area contributed by atoms with E-state index in [4.69, 9.17) is 57.1 Å². The first-order valence-corrected chi connectivity index (χ1v) is 8.23. The highest BCUT2D eigenvalue weighted by atomic mass is 35.7. The molecule has 0 saturated heterocycles. The molecule has 2 nitrogen and oxygen atoms in total. The molecule has 1 aromatic rings. The van der Waals surface area contributed by atoms with Gasteiger partial charge in [0, 0.05) is 11.0 Å². The third-order valence-electron chi connectivity index (χ3n) is 1.60. The van der Waals surface area contributed by atoms with Crippen molar-refractivity contribution in [2.75, 3.05) is 0 Å². The minimum Gasteiger partial charge on any atom is -0.220 e. The molecule has 0 aliphatic heterocycles. The number of benzene rings is 1. The smallest absolute Gasteiger partial charge is 0.220 e. The fourth-order valence-corrected chi connectivity index (χ4v) is 3.88. The molecule has 0 heterocycles. The number of alkyl halides is 2. The van der Waals surface area contributed by atoms with Gasteiger partial charge in [0.05, 0.1) is 14.9 Å². The lowest BCUT2D eigenvalue weighted by Gasteiger charge is -2.15. The number of sulfone groups is 1. The van der Waals surface area contributed by atoms with E-state index in [1.54, 1.807) is 0 Å². The average Bonchev–Trinajstić information content (AvgIpc) is 2.21. The van der Waals surface area contributed by atoms with Crippen molar-refractivity contribution in [2.24, 2.45) is 0 Å². The molecule has 0 aliphatic rings. The monoisotopic (exact) mass is 358 g/mol. The first kappa shape index (κ1) is 15.0. The van der Waals surface area contributed by atoms with E-state index in [1.807, 2.05) is 0 Å². The number of hydrogen-bond acceptors (Lipinski definition) is 3. The Bertz CT molecular complexity index is 499. The van der Waals surface area contributed by atoms with Gasteiger partial charge in [-0.25, -0.2) is 8.42 Å². The van der Waals surface area contributed by atoms with Crippen LogP contribution in [0.5, 0.6) is 0 Å². The highest BCUT2D eigenvalue weighted by molar-refractivity contribution is 8.31. The Morgan fingerprint density at radius 2 is 1.69 bits per heavy atom. The van der Waals surface area contributed by atoms with Crippen molar-refractivity contribution >= 4 is 77.9 Å². The van der Waals surface area contributed by atoms with Crippen LogP contribution in [0.3, 0.4) is 0 Å². The summed E-state index contributed by atoms with van der Waals surface area (Å²) in [7, 11) is 1.58. The molecule has 0 amide bonds. The van der Waals surface area contributed by atoms with Crippen molar-refractivity contribution in [3.8, 4) is 0 Å². The molecule has 0 N–H and O–H groups in total. The highest BCUT2D eigenvalue weighted by Gasteiger charge is 2.42. The van der Waals surface area contributed by atoms with Gasteiger partial charge >= 0.3 is 0 Å². The van der Waals surface area contributed by atoms with Crippen LogP contribution in [0.15, 0.2) is 23.1 Å². The van der Waals surface area contributed by atoms with Crippen LogP contribution in [0.2, 0.25) is 10.0 Å². The standard InChI is InChI=1S/C7H3Cl5O2S2/c8-5-2-1-4(3-6(5)9)16(13,14)7(10,11)15-12/h1-3H. The molecule has 90 valence electrons. The minimum absolute atomic E-state index is 0.0893. The topological polar surface area (TPSA) is 34.1 Å². The SMILES string of the molecule is O=S(=O)(c1ccc(Cl)c(Cl)c1)C(Cl)(Cl)SCl. The van der Waals surface area contributed by atoms with Gasteiger partial charge in [0.1, 0.15) is 0 Å². The Hall–Kier alpha value is 0.970. The van der Waals surface area contributed by atoms with Crippen molar-refractivity contribution in [3.05, 3.63) is 28.2 Å². The van der Waals surface area contributed by atoms with E-state index >= 15 is 0 Å². The maximum atomic E-state index is 11.9. The van der Waals surface area contributed by atoms with Crippen LogP contribution >= 0.6 is 68.1 Å². The first-order chi connectivity index (χ1) is 7.22. The predicted molar refractivity (Wildman–Crippen MR) is 71.5 cm³/mol. The predicted octanol–water partition coefficient (Wildman–Crippen LogP) is 4.74. The van der Waals surface area contributed by atoms with Gasteiger partial charge in [0.2, 0.25) is 9.84 Å². The van der Waals surface area contributed by atoms with Crippen molar-refractivity contribution in [2.45, 2.75) is 7.89 Å². The third kappa shape index (κ3) is 2.86. The van der Waals surface area contributed by atoms with Gasteiger partial charge in [-0.1, -0.05) is 46.4 Å². The van der Waals surface area contributed by atoms with Crippen molar-refractivity contribution < 1.29 is 8.42 Å². The van der Waals surface area contributed by atoms with Crippen LogP contribution in [-0.2, 0) is 9.84 Å². The van der Waals surface area contributed by atoms with Crippen LogP contribution in [0.4, 0.5) is 0 Å². The van der Waals surface area contributed by atoms with Gasteiger partial charge in [0.15, 0.2) is 0 Å². The quantitative estimate of drug-likeness (QED) is 0.730. The molecule has 0 radical (unpaired) electrons. The maximum Gasteiger partial charge on any atom is 0.282 e. The lowest BCUT2D eigenvalue weighted by Crippen LogP contribution is -2.21. The van der Waals surface area contributed by atoms with Gasteiger partial charge in [-0.2, -0.15) is 0 Å². The molecule has 1 aromatic carbocycles. The van der Waals surface area contributed by atoms with E-state index in [-0.39, 0.29) is 25.9 Å². The zero-order valence-corrected chi connectivity index (χ0v) is 12.7. The van der Waals surface area contributed by atoms with E-state index in [0.29, 0.717) is 0 Å². The molecule has 0 aliphatic carbocycles. The highest BCUT2D eigenvalue weighted by Crippen LogP contribution is 2.46. The molecular formula is C7H3Cl5O2S2. The van der Waals surface area contributed by atoms with Crippen molar-refractivity contribution in [1.29, 1.82) is 0 Å². The Kier molecular flexibility index (Phi) is 4.98. The molecule has 0 unspecified atom stereocenters. The summed E-state index contributed by atoms with van der Waals surface area (Å²) in [4.78, 5) is -0.153. The second-order valence-corrected chi connectivity index (χ2v) is 9.24. The summed E-state index contributed by atoms with van der Waals surface area (Å²) in [6.07, 6.45) is 0. The molecule has 0 fully saturated rings. The summed E-state index contributed by atoms with van der Waals surface area (Å²) < 4.78 is 21.6. The molecule has 0 aromatic heterocycles. The molecule has 0 atom stereocenters. The number of hydrogen-bond donors (Lipinski definition) is 0. The summed E-state index contributed by atoms with van der Waals surface area (Å²) in [5.74, 6) is 0. The third-order valence-corrected chi connectivity index (χ3v) is 8.06. The Morgan fingerprint density at radius 3 is 2.12 bits per heavy atom. The van der Waals surface area contributed by atoms with Crippen LogP contribution in [0.25, 0.3) is 0 Å². The van der Waals surface area contributed by atoms with Gasteiger partial charge in [0.25, 0.3) is 3.00 Å². The van der Waals surface area contributed by atoms with E-state index in [0.717, 1.165) is 6.07 Å². The van der Waals surface area contributed by atoms with Crippen LogP contribution < -0.4 is 0 Å². The summed E-state index contributed by atoms with van der Waals surface area (Å²) in [5.41, 5.74) is 0.